The van der Waals surface area contributed by atoms with E-state index in [0.717, 1.165) is 12.0 Å². The summed E-state index contributed by atoms with van der Waals surface area (Å²) in [6.45, 7) is 2.63. The highest BCUT2D eigenvalue weighted by Gasteiger charge is 2.27. The van der Waals surface area contributed by atoms with Gasteiger partial charge in [-0.2, -0.15) is 0 Å². The molecule has 1 N–H and O–H groups in total. The lowest BCUT2D eigenvalue weighted by atomic mass is 9.99. The van der Waals surface area contributed by atoms with Gasteiger partial charge < -0.3 is 19.5 Å². The summed E-state index contributed by atoms with van der Waals surface area (Å²) in [5.74, 6) is 0.707. The number of fused-ring (bicyclic) bond motifs is 1. The van der Waals surface area contributed by atoms with Gasteiger partial charge in [-0.15, -0.1) is 0 Å². The number of ether oxygens (including phenoxy) is 3. The summed E-state index contributed by atoms with van der Waals surface area (Å²) < 4.78 is 16.2. The molecule has 0 amide bonds. The summed E-state index contributed by atoms with van der Waals surface area (Å²) in [6, 6.07) is 3.72. The quantitative estimate of drug-likeness (QED) is 0.844. The zero-order valence-electron chi connectivity index (χ0n) is 11.8. The maximum absolute atomic E-state index is 6.18. The lowest BCUT2D eigenvalue weighted by Crippen LogP contribution is -2.42. The van der Waals surface area contributed by atoms with Gasteiger partial charge in [-0.25, -0.2) is 0 Å². The molecule has 1 aromatic rings. The number of hydrogen-bond donors (Lipinski definition) is 1. The van der Waals surface area contributed by atoms with Crippen LogP contribution in [0.2, 0.25) is 10.0 Å². The molecule has 1 aromatic carbocycles. The summed E-state index contributed by atoms with van der Waals surface area (Å²) in [5.41, 5.74) is 0.978. The SMILES string of the molecule is COC(OC)C(C)NC1CCOc2c(Cl)cc(Cl)cc21. The molecule has 2 rings (SSSR count). The van der Waals surface area contributed by atoms with E-state index >= 15 is 0 Å². The molecule has 1 aliphatic heterocycles. The average molecular weight is 320 g/mol. The second-order valence-electron chi connectivity index (χ2n) is 4.79. The minimum atomic E-state index is -0.309. The molecule has 0 saturated heterocycles. The van der Waals surface area contributed by atoms with Gasteiger partial charge in [0.15, 0.2) is 6.29 Å². The molecule has 2 unspecified atom stereocenters. The fraction of sp³-hybridized carbons (Fsp3) is 0.571. The fourth-order valence-corrected chi connectivity index (χ4v) is 3.06. The van der Waals surface area contributed by atoms with Crippen molar-refractivity contribution in [1.29, 1.82) is 0 Å². The molecule has 0 aliphatic carbocycles. The van der Waals surface area contributed by atoms with Gasteiger partial charge in [-0.3, -0.25) is 0 Å². The Morgan fingerprint density at radius 3 is 2.65 bits per heavy atom. The second kappa shape index (κ2) is 6.96. The van der Waals surface area contributed by atoms with E-state index in [9.17, 15) is 0 Å². The first-order valence-corrected chi connectivity index (χ1v) is 7.25. The van der Waals surface area contributed by atoms with Crippen LogP contribution in [0.25, 0.3) is 0 Å². The van der Waals surface area contributed by atoms with Crippen molar-refractivity contribution in [2.75, 3.05) is 20.8 Å². The third-order valence-electron chi connectivity index (χ3n) is 3.40. The van der Waals surface area contributed by atoms with Crippen molar-refractivity contribution in [1.82, 2.24) is 5.32 Å². The molecule has 0 spiro atoms. The Morgan fingerprint density at radius 2 is 2.00 bits per heavy atom. The molecule has 0 radical (unpaired) electrons. The van der Waals surface area contributed by atoms with Gasteiger partial charge in [-0.1, -0.05) is 23.2 Å². The molecule has 0 saturated carbocycles. The number of benzene rings is 1. The van der Waals surface area contributed by atoms with E-state index in [4.69, 9.17) is 37.4 Å². The monoisotopic (exact) mass is 319 g/mol. The highest BCUT2D eigenvalue weighted by molar-refractivity contribution is 6.35. The van der Waals surface area contributed by atoms with Crippen molar-refractivity contribution >= 4 is 23.2 Å². The second-order valence-corrected chi connectivity index (χ2v) is 5.63. The normalized spacial score (nSPS) is 19.6. The van der Waals surface area contributed by atoms with Crippen LogP contribution in [0.4, 0.5) is 0 Å². The average Bonchev–Trinajstić information content (AvgIpc) is 2.41. The third kappa shape index (κ3) is 3.38. The van der Waals surface area contributed by atoms with E-state index < -0.39 is 0 Å². The van der Waals surface area contributed by atoms with Crippen LogP contribution in [0.15, 0.2) is 12.1 Å². The molecule has 0 bridgehead atoms. The van der Waals surface area contributed by atoms with Gasteiger partial charge in [0, 0.05) is 37.3 Å². The smallest absolute Gasteiger partial charge is 0.171 e. The number of halogens is 2. The molecule has 6 heteroatoms. The fourth-order valence-electron chi connectivity index (χ4n) is 2.50. The van der Waals surface area contributed by atoms with Crippen LogP contribution < -0.4 is 10.1 Å². The van der Waals surface area contributed by atoms with Crippen LogP contribution in [0.1, 0.15) is 24.9 Å². The first-order valence-electron chi connectivity index (χ1n) is 6.50. The Kier molecular flexibility index (Phi) is 5.52. The zero-order chi connectivity index (χ0) is 14.7. The molecule has 0 fully saturated rings. The van der Waals surface area contributed by atoms with Crippen LogP contribution in [0, 0.1) is 0 Å². The van der Waals surface area contributed by atoms with Gasteiger partial charge in [0.05, 0.1) is 17.7 Å². The Bertz CT molecular complexity index is 466. The highest BCUT2D eigenvalue weighted by atomic mass is 35.5. The van der Waals surface area contributed by atoms with Crippen molar-refractivity contribution in [2.24, 2.45) is 0 Å². The van der Waals surface area contributed by atoms with E-state index in [0.29, 0.717) is 22.4 Å². The molecule has 20 heavy (non-hydrogen) atoms. The number of nitrogens with one attached hydrogen (secondary N) is 1. The molecular formula is C14H19Cl2NO3. The predicted molar refractivity (Wildman–Crippen MR) is 79.7 cm³/mol. The zero-order valence-corrected chi connectivity index (χ0v) is 13.3. The summed E-state index contributed by atoms with van der Waals surface area (Å²) in [6.07, 6.45) is 0.532. The van der Waals surface area contributed by atoms with Crippen molar-refractivity contribution < 1.29 is 14.2 Å². The predicted octanol–water partition coefficient (Wildman–Crippen LogP) is 3.41. The molecule has 112 valence electrons. The van der Waals surface area contributed by atoms with Crippen molar-refractivity contribution in [3.05, 3.63) is 27.7 Å². The molecule has 1 aliphatic rings. The molecule has 1 heterocycles. The first-order chi connectivity index (χ1) is 9.56. The number of rotatable bonds is 5. The molecule has 0 aromatic heterocycles. The lowest BCUT2D eigenvalue weighted by molar-refractivity contribution is -0.121. The lowest BCUT2D eigenvalue weighted by Gasteiger charge is -2.32. The standard InChI is InChI=1S/C14H19Cl2NO3/c1-8(14(18-2)19-3)17-12-4-5-20-13-10(12)6-9(15)7-11(13)16/h6-8,12,14,17H,4-5H2,1-3H3. The highest BCUT2D eigenvalue weighted by Crippen LogP contribution is 2.40. The maximum Gasteiger partial charge on any atom is 0.171 e. The topological polar surface area (TPSA) is 39.7 Å². The first kappa shape index (κ1) is 15.9. The maximum atomic E-state index is 6.18. The van der Waals surface area contributed by atoms with Crippen LogP contribution in [0.3, 0.4) is 0 Å². The summed E-state index contributed by atoms with van der Waals surface area (Å²) in [4.78, 5) is 0. The Labute approximate surface area is 129 Å². The molecule has 4 nitrogen and oxygen atoms in total. The van der Waals surface area contributed by atoms with Gasteiger partial charge in [0.2, 0.25) is 0 Å². The van der Waals surface area contributed by atoms with E-state index in [-0.39, 0.29) is 18.4 Å². The summed E-state index contributed by atoms with van der Waals surface area (Å²) >= 11 is 12.3. The van der Waals surface area contributed by atoms with E-state index in [1.807, 2.05) is 13.0 Å². The van der Waals surface area contributed by atoms with E-state index in [1.165, 1.54) is 0 Å². The van der Waals surface area contributed by atoms with Gasteiger partial charge in [-0.05, 0) is 19.1 Å². The Morgan fingerprint density at radius 1 is 1.30 bits per heavy atom. The number of hydrogen-bond acceptors (Lipinski definition) is 4. The Hall–Kier alpha value is -0.520. The third-order valence-corrected chi connectivity index (χ3v) is 3.90. The van der Waals surface area contributed by atoms with Gasteiger partial charge in [0.25, 0.3) is 0 Å². The van der Waals surface area contributed by atoms with Crippen LogP contribution >= 0.6 is 23.2 Å². The molecular weight excluding hydrogens is 301 g/mol. The summed E-state index contributed by atoms with van der Waals surface area (Å²) in [5, 5.41) is 4.63. The van der Waals surface area contributed by atoms with Crippen molar-refractivity contribution in [2.45, 2.75) is 31.7 Å². The van der Waals surface area contributed by atoms with E-state index in [2.05, 4.69) is 5.32 Å². The van der Waals surface area contributed by atoms with Crippen molar-refractivity contribution in [3.63, 3.8) is 0 Å². The minimum Gasteiger partial charge on any atom is -0.492 e. The number of methoxy groups -OCH3 is 2. The summed E-state index contributed by atoms with van der Waals surface area (Å²) in [7, 11) is 3.25. The van der Waals surface area contributed by atoms with Crippen LogP contribution in [-0.4, -0.2) is 33.2 Å². The molecule has 2 atom stereocenters. The Balaban J connectivity index is 2.20. The van der Waals surface area contributed by atoms with Crippen molar-refractivity contribution in [3.8, 4) is 5.75 Å². The minimum absolute atomic E-state index is 0.0266. The van der Waals surface area contributed by atoms with Crippen LogP contribution in [-0.2, 0) is 9.47 Å². The van der Waals surface area contributed by atoms with Gasteiger partial charge >= 0.3 is 0 Å². The largest absolute Gasteiger partial charge is 0.492 e. The van der Waals surface area contributed by atoms with Gasteiger partial charge in [0.1, 0.15) is 5.75 Å². The van der Waals surface area contributed by atoms with Crippen LogP contribution in [0.5, 0.6) is 5.75 Å². The van der Waals surface area contributed by atoms with E-state index in [1.54, 1.807) is 20.3 Å².